The Morgan fingerprint density at radius 3 is 2.53 bits per heavy atom. The van der Waals surface area contributed by atoms with Crippen molar-refractivity contribution in [3.05, 3.63) is 64.7 Å². The fourth-order valence-corrected chi connectivity index (χ4v) is 2.10. The first-order valence-corrected chi connectivity index (χ1v) is 6.53. The Kier molecular flexibility index (Phi) is 4.43. The third kappa shape index (κ3) is 3.27. The van der Waals surface area contributed by atoms with E-state index in [9.17, 15) is 0 Å². The van der Waals surface area contributed by atoms with Crippen LogP contribution in [0.1, 0.15) is 30.6 Å². The number of halogens is 1. The molecule has 0 aliphatic heterocycles. The van der Waals surface area contributed by atoms with Gasteiger partial charge in [-0.1, -0.05) is 48.9 Å². The molecule has 2 rings (SSSR count). The van der Waals surface area contributed by atoms with Gasteiger partial charge in [-0.15, -0.1) is 0 Å². The van der Waals surface area contributed by atoms with Crippen molar-refractivity contribution in [1.29, 1.82) is 5.26 Å². The summed E-state index contributed by atoms with van der Waals surface area (Å²) in [6.45, 7) is 2.06. The molecule has 0 aromatic heterocycles. The highest BCUT2D eigenvalue weighted by atomic mass is 35.5. The molecule has 0 heterocycles. The standard InChI is InChI=1S/C16H14ClNO/c1-2-15(13-6-4-3-5-7-13)19-16-9-8-12(11-18)10-14(16)17/h3-10,15H,2H2,1H3. The first-order chi connectivity index (χ1) is 9.24. The van der Waals surface area contributed by atoms with E-state index in [1.54, 1.807) is 18.2 Å². The first-order valence-electron chi connectivity index (χ1n) is 6.16. The molecular weight excluding hydrogens is 258 g/mol. The first kappa shape index (κ1) is 13.5. The average Bonchev–Trinajstić information content (AvgIpc) is 2.47. The molecule has 96 valence electrons. The highest BCUT2D eigenvalue weighted by Crippen LogP contribution is 2.31. The van der Waals surface area contributed by atoms with Crippen molar-refractivity contribution in [2.45, 2.75) is 19.4 Å². The SMILES string of the molecule is CCC(Oc1ccc(C#N)cc1Cl)c1ccccc1. The molecule has 0 saturated carbocycles. The minimum atomic E-state index is -0.0355. The molecule has 1 atom stereocenters. The van der Waals surface area contributed by atoms with Crippen LogP contribution in [0.25, 0.3) is 0 Å². The van der Waals surface area contributed by atoms with Crippen molar-refractivity contribution in [3.8, 4) is 11.8 Å². The second kappa shape index (κ2) is 6.26. The van der Waals surface area contributed by atoms with Crippen LogP contribution >= 0.6 is 11.6 Å². The number of hydrogen-bond acceptors (Lipinski definition) is 2. The number of hydrogen-bond donors (Lipinski definition) is 0. The molecule has 0 radical (unpaired) electrons. The number of rotatable bonds is 4. The zero-order valence-electron chi connectivity index (χ0n) is 10.6. The summed E-state index contributed by atoms with van der Waals surface area (Å²) in [5.41, 5.74) is 1.65. The smallest absolute Gasteiger partial charge is 0.138 e. The van der Waals surface area contributed by atoms with E-state index in [1.807, 2.05) is 30.3 Å². The molecule has 3 heteroatoms. The Hall–Kier alpha value is -1.98. The maximum atomic E-state index is 8.81. The van der Waals surface area contributed by atoms with Gasteiger partial charge in [0.05, 0.1) is 16.7 Å². The molecule has 0 amide bonds. The maximum absolute atomic E-state index is 8.81. The number of nitrogens with zero attached hydrogens (tertiary/aromatic N) is 1. The minimum absolute atomic E-state index is 0.0355. The molecule has 0 spiro atoms. The summed E-state index contributed by atoms with van der Waals surface area (Å²) in [5.74, 6) is 0.608. The van der Waals surface area contributed by atoms with Crippen molar-refractivity contribution in [3.63, 3.8) is 0 Å². The second-order valence-corrected chi connectivity index (χ2v) is 4.59. The third-order valence-corrected chi connectivity index (χ3v) is 3.17. The van der Waals surface area contributed by atoms with Gasteiger partial charge in [-0.2, -0.15) is 5.26 Å². The second-order valence-electron chi connectivity index (χ2n) is 4.18. The van der Waals surface area contributed by atoms with E-state index in [-0.39, 0.29) is 6.10 Å². The van der Waals surface area contributed by atoms with Crippen molar-refractivity contribution >= 4 is 11.6 Å². The molecule has 0 N–H and O–H groups in total. The molecule has 2 nitrogen and oxygen atoms in total. The van der Waals surface area contributed by atoms with Gasteiger partial charge in [-0.25, -0.2) is 0 Å². The lowest BCUT2D eigenvalue weighted by Gasteiger charge is -2.18. The summed E-state index contributed by atoms with van der Waals surface area (Å²) in [6, 6.07) is 17.1. The van der Waals surface area contributed by atoms with E-state index in [2.05, 4.69) is 13.0 Å². The topological polar surface area (TPSA) is 33.0 Å². The van der Waals surface area contributed by atoms with Crippen molar-refractivity contribution in [2.75, 3.05) is 0 Å². The Morgan fingerprint density at radius 1 is 1.21 bits per heavy atom. The fourth-order valence-electron chi connectivity index (χ4n) is 1.87. The van der Waals surface area contributed by atoms with Crippen LogP contribution in [0.5, 0.6) is 5.75 Å². The molecular formula is C16H14ClNO. The van der Waals surface area contributed by atoms with E-state index in [4.69, 9.17) is 21.6 Å². The lowest BCUT2D eigenvalue weighted by molar-refractivity contribution is 0.201. The molecule has 1 unspecified atom stereocenters. The van der Waals surface area contributed by atoms with Crippen molar-refractivity contribution < 1.29 is 4.74 Å². The van der Waals surface area contributed by atoms with E-state index >= 15 is 0 Å². The number of benzene rings is 2. The quantitative estimate of drug-likeness (QED) is 0.804. The Bertz CT molecular complexity index is 589. The van der Waals surface area contributed by atoms with Gasteiger partial charge in [0.15, 0.2) is 0 Å². The van der Waals surface area contributed by atoms with Crippen LogP contribution in [0, 0.1) is 11.3 Å². The summed E-state index contributed by atoms with van der Waals surface area (Å²) in [5, 5.41) is 9.28. The molecule has 0 fully saturated rings. The lowest BCUT2D eigenvalue weighted by Crippen LogP contribution is -2.06. The number of ether oxygens (including phenoxy) is 1. The molecule has 0 bridgehead atoms. The molecule has 2 aromatic rings. The van der Waals surface area contributed by atoms with Crippen molar-refractivity contribution in [2.24, 2.45) is 0 Å². The predicted octanol–water partition coefficient (Wildman–Crippen LogP) is 4.74. The van der Waals surface area contributed by atoms with Crippen LogP contribution < -0.4 is 4.74 Å². The predicted molar refractivity (Wildman–Crippen MR) is 76.3 cm³/mol. The van der Waals surface area contributed by atoms with Gasteiger partial charge < -0.3 is 4.74 Å². The van der Waals surface area contributed by atoms with E-state index < -0.39 is 0 Å². The summed E-state index contributed by atoms with van der Waals surface area (Å²) in [4.78, 5) is 0. The molecule has 0 saturated heterocycles. The van der Waals surface area contributed by atoms with Gasteiger partial charge in [0.25, 0.3) is 0 Å². The van der Waals surface area contributed by atoms with Crippen LogP contribution in [-0.2, 0) is 0 Å². The van der Waals surface area contributed by atoms with Crippen LogP contribution in [0.15, 0.2) is 48.5 Å². The van der Waals surface area contributed by atoms with Gasteiger partial charge in [-0.05, 0) is 30.2 Å². The summed E-state index contributed by atoms with van der Waals surface area (Å²) in [6.07, 6.45) is 0.812. The molecule has 19 heavy (non-hydrogen) atoms. The Balaban J connectivity index is 2.22. The van der Waals surface area contributed by atoms with Gasteiger partial charge in [0, 0.05) is 0 Å². The van der Waals surface area contributed by atoms with E-state index in [1.165, 1.54) is 0 Å². The summed E-state index contributed by atoms with van der Waals surface area (Å²) < 4.78 is 5.94. The monoisotopic (exact) mass is 271 g/mol. The van der Waals surface area contributed by atoms with Crippen LogP contribution in [0.2, 0.25) is 5.02 Å². The average molecular weight is 272 g/mol. The zero-order chi connectivity index (χ0) is 13.7. The van der Waals surface area contributed by atoms with E-state index in [0.29, 0.717) is 16.3 Å². The molecule has 0 aliphatic carbocycles. The van der Waals surface area contributed by atoms with Gasteiger partial charge in [0.2, 0.25) is 0 Å². The highest BCUT2D eigenvalue weighted by molar-refractivity contribution is 6.32. The van der Waals surface area contributed by atoms with Crippen LogP contribution in [0.3, 0.4) is 0 Å². The summed E-state index contributed by atoms with van der Waals surface area (Å²) in [7, 11) is 0. The largest absolute Gasteiger partial charge is 0.484 e. The zero-order valence-corrected chi connectivity index (χ0v) is 11.4. The normalized spacial score (nSPS) is 11.6. The van der Waals surface area contributed by atoms with Crippen molar-refractivity contribution in [1.82, 2.24) is 0 Å². The number of nitriles is 1. The van der Waals surface area contributed by atoms with Gasteiger partial charge in [0.1, 0.15) is 11.9 Å². The maximum Gasteiger partial charge on any atom is 0.138 e. The van der Waals surface area contributed by atoms with Crippen LogP contribution in [0.4, 0.5) is 0 Å². The van der Waals surface area contributed by atoms with Gasteiger partial charge >= 0.3 is 0 Å². The van der Waals surface area contributed by atoms with Gasteiger partial charge in [-0.3, -0.25) is 0 Å². The lowest BCUT2D eigenvalue weighted by atomic mass is 10.1. The van der Waals surface area contributed by atoms with E-state index in [0.717, 1.165) is 12.0 Å². The van der Waals surface area contributed by atoms with Crippen LogP contribution in [-0.4, -0.2) is 0 Å². The highest BCUT2D eigenvalue weighted by Gasteiger charge is 2.12. The Labute approximate surface area is 118 Å². The summed E-state index contributed by atoms with van der Waals surface area (Å²) >= 11 is 6.12. The fraction of sp³-hybridized carbons (Fsp3) is 0.188. The molecule has 2 aromatic carbocycles. The third-order valence-electron chi connectivity index (χ3n) is 2.87. The molecule has 0 aliphatic rings. The minimum Gasteiger partial charge on any atom is -0.484 e. The Morgan fingerprint density at radius 2 is 1.95 bits per heavy atom.